The van der Waals surface area contributed by atoms with Crippen LogP contribution in [0.4, 0.5) is 0 Å². The molecule has 1 saturated carbocycles. The molecule has 1 aliphatic heterocycles. The second kappa shape index (κ2) is 4.23. The van der Waals surface area contributed by atoms with Crippen molar-refractivity contribution in [1.29, 1.82) is 0 Å². The Morgan fingerprint density at radius 2 is 2.19 bits per heavy atom. The topological polar surface area (TPSA) is 66.5 Å². The number of rotatable bonds is 3. The maximum Gasteiger partial charge on any atom is 0.243 e. The molecular formula is C11H16N2O3. The number of likely N-dealkylation sites (tertiary alicyclic amines) is 1. The van der Waals surface area contributed by atoms with E-state index >= 15 is 0 Å². The fourth-order valence-corrected chi connectivity index (χ4v) is 3.03. The first-order valence-corrected chi connectivity index (χ1v) is 5.65. The maximum atomic E-state index is 11.8. The minimum absolute atomic E-state index is 0.0263. The standard InChI is InChI=1S/C11H16N2O3/c1-7(15)13-9-3-2-8(6-9)10(13)11(16)12-4-5-14/h5,8-10H,2-4,6H2,1H3,(H,12,16). The molecule has 2 rings (SSSR count). The van der Waals surface area contributed by atoms with Gasteiger partial charge in [-0.3, -0.25) is 9.59 Å². The van der Waals surface area contributed by atoms with Crippen molar-refractivity contribution in [2.75, 3.05) is 6.54 Å². The summed E-state index contributed by atoms with van der Waals surface area (Å²) in [6.07, 6.45) is 3.59. The molecule has 2 bridgehead atoms. The number of fused-ring (bicyclic) bond motifs is 2. The molecule has 1 aliphatic carbocycles. The lowest BCUT2D eigenvalue weighted by molar-refractivity contribution is -0.141. The Kier molecular flexibility index (Phi) is 2.94. The van der Waals surface area contributed by atoms with Crippen LogP contribution in [-0.2, 0) is 14.4 Å². The van der Waals surface area contributed by atoms with E-state index in [1.807, 2.05) is 0 Å². The molecule has 1 saturated heterocycles. The molecule has 5 nitrogen and oxygen atoms in total. The smallest absolute Gasteiger partial charge is 0.243 e. The number of nitrogens with zero attached hydrogens (tertiary/aromatic N) is 1. The van der Waals surface area contributed by atoms with E-state index in [9.17, 15) is 14.4 Å². The highest BCUT2D eigenvalue weighted by atomic mass is 16.2. The second-order valence-corrected chi connectivity index (χ2v) is 4.51. The molecule has 2 amide bonds. The number of carbonyl (C=O) groups is 3. The monoisotopic (exact) mass is 224 g/mol. The van der Waals surface area contributed by atoms with Gasteiger partial charge in [0.25, 0.3) is 0 Å². The van der Waals surface area contributed by atoms with Crippen LogP contribution in [0.5, 0.6) is 0 Å². The number of piperidine rings is 1. The Morgan fingerprint density at radius 3 is 2.81 bits per heavy atom. The summed E-state index contributed by atoms with van der Waals surface area (Å²) in [6, 6.07) is -0.120. The third-order valence-corrected chi connectivity index (χ3v) is 3.58. The molecule has 16 heavy (non-hydrogen) atoms. The van der Waals surface area contributed by atoms with Gasteiger partial charge in [0.2, 0.25) is 11.8 Å². The van der Waals surface area contributed by atoms with E-state index in [1.54, 1.807) is 4.90 Å². The van der Waals surface area contributed by atoms with Crippen LogP contribution in [0, 0.1) is 5.92 Å². The van der Waals surface area contributed by atoms with Crippen molar-refractivity contribution in [1.82, 2.24) is 10.2 Å². The molecular weight excluding hydrogens is 208 g/mol. The average Bonchev–Trinajstić information content (AvgIpc) is 2.84. The Labute approximate surface area is 94.2 Å². The molecule has 5 heteroatoms. The van der Waals surface area contributed by atoms with Gasteiger partial charge in [-0.2, -0.15) is 0 Å². The van der Waals surface area contributed by atoms with Gasteiger partial charge in [0.1, 0.15) is 12.3 Å². The summed E-state index contributed by atoms with van der Waals surface area (Å²) in [4.78, 5) is 35.2. The van der Waals surface area contributed by atoms with Crippen molar-refractivity contribution in [2.24, 2.45) is 5.92 Å². The van der Waals surface area contributed by atoms with E-state index in [2.05, 4.69) is 5.32 Å². The van der Waals surface area contributed by atoms with Crippen molar-refractivity contribution in [3.8, 4) is 0 Å². The second-order valence-electron chi connectivity index (χ2n) is 4.51. The molecule has 88 valence electrons. The normalized spacial score (nSPS) is 31.6. The summed E-state index contributed by atoms with van der Waals surface area (Å²) in [5.41, 5.74) is 0. The molecule has 1 heterocycles. The highest BCUT2D eigenvalue weighted by Crippen LogP contribution is 2.42. The quantitative estimate of drug-likeness (QED) is 0.669. The minimum Gasteiger partial charge on any atom is -0.348 e. The van der Waals surface area contributed by atoms with Crippen LogP contribution in [0.2, 0.25) is 0 Å². The summed E-state index contributed by atoms with van der Waals surface area (Å²) in [5.74, 6) is 0.0495. The van der Waals surface area contributed by atoms with Gasteiger partial charge in [0.15, 0.2) is 0 Å². The number of carbonyl (C=O) groups excluding carboxylic acids is 3. The Morgan fingerprint density at radius 1 is 1.44 bits per heavy atom. The molecule has 0 radical (unpaired) electrons. The SMILES string of the molecule is CC(=O)N1C2CCC(C2)C1C(=O)NCC=O. The highest BCUT2D eigenvalue weighted by Gasteiger charge is 2.50. The molecule has 0 aromatic rings. The number of hydrogen-bond acceptors (Lipinski definition) is 3. The van der Waals surface area contributed by atoms with Crippen LogP contribution in [0.15, 0.2) is 0 Å². The third-order valence-electron chi connectivity index (χ3n) is 3.58. The summed E-state index contributed by atoms with van der Waals surface area (Å²) in [7, 11) is 0. The van der Waals surface area contributed by atoms with E-state index < -0.39 is 0 Å². The van der Waals surface area contributed by atoms with Crippen molar-refractivity contribution in [3.05, 3.63) is 0 Å². The first-order chi connectivity index (χ1) is 7.65. The fourth-order valence-electron chi connectivity index (χ4n) is 3.03. The number of nitrogens with one attached hydrogen (secondary N) is 1. The van der Waals surface area contributed by atoms with Gasteiger partial charge in [0, 0.05) is 13.0 Å². The van der Waals surface area contributed by atoms with Gasteiger partial charge in [-0.15, -0.1) is 0 Å². The average molecular weight is 224 g/mol. The number of hydrogen-bond donors (Lipinski definition) is 1. The van der Waals surface area contributed by atoms with Gasteiger partial charge >= 0.3 is 0 Å². The van der Waals surface area contributed by atoms with Crippen molar-refractivity contribution < 1.29 is 14.4 Å². The van der Waals surface area contributed by atoms with Gasteiger partial charge in [0.05, 0.1) is 6.54 Å². The molecule has 0 spiro atoms. The Hall–Kier alpha value is -1.39. The lowest BCUT2D eigenvalue weighted by Crippen LogP contribution is -2.52. The molecule has 3 unspecified atom stereocenters. The number of amides is 2. The van der Waals surface area contributed by atoms with Crippen LogP contribution in [0.25, 0.3) is 0 Å². The lowest BCUT2D eigenvalue weighted by atomic mass is 9.98. The van der Waals surface area contributed by atoms with Gasteiger partial charge in [-0.25, -0.2) is 0 Å². The zero-order valence-corrected chi connectivity index (χ0v) is 9.31. The van der Waals surface area contributed by atoms with E-state index in [0.717, 1.165) is 19.3 Å². The third kappa shape index (κ3) is 1.70. The van der Waals surface area contributed by atoms with Crippen molar-refractivity contribution in [2.45, 2.75) is 38.3 Å². The predicted molar refractivity (Wildman–Crippen MR) is 56.5 cm³/mol. The maximum absolute atomic E-state index is 11.8. The molecule has 3 atom stereocenters. The van der Waals surface area contributed by atoms with E-state index in [4.69, 9.17) is 0 Å². The van der Waals surface area contributed by atoms with Gasteiger partial charge in [-0.1, -0.05) is 0 Å². The van der Waals surface area contributed by atoms with Crippen molar-refractivity contribution >= 4 is 18.1 Å². The van der Waals surface area contributed by atoms with Gasteiger partial charge in [-0.05, 0) is 25.2 Å². The van der Waals surface area contributed by atoms with Crippen molar-refractivity contribution in [3.63, 3.8) is 0 Å². The van der Waals surface area contributed by atoms with Gasteiger partial charge < -0.3 is 15.0 Å². The van der Waals surface area contributed by atoms with Crippen LogP contribution in [0.1, 0.15) is 26.2 Å². The molecule has 2 aliphatic rings. The number of aldehydes is 1. The molecule has 2 fully saturated rings. The van der Waals surface area contributed by atoms with Crippen LogP contribution in [0.3, 0.4) is 0 Å². The summed E-state index contributed by atoms with van der Waals surface area (Å²) in [5, 5.41) is 2.54. The zero-order chi connectivity index (χ0) is 11.7. The lowest BCUT2D eigenvalue weighted by Gasteiger charge is -2.33. The van der Waals surface area contributed by atoms with E-state index in [0.29, 0.717) is 6.29 Å². The zero-order valence-electron chi connectivity index (χ0n) is 9.31. The highest BCUT2D eigenvalue weighted by molar-refractivity contribution is 5.89. The predicted octanol–water partition coefficient (Wildman–Crippen LogP) is -0.299. The van der Waals surface area contributed by atoms with Crippen LogP contribution in [-0.4, -0.2) is 41.6 Å². The summed E-state index contributed by atoms with van der Waals surface area (Å²) >= 11 is 0. The van der Waals surface area contributed by atoms with Crippen LogP contribution >= 0.6 is 0 Å². The Bertz CT molecular complexity index is 329. The van der Waals surface area contributed by atoms with Crippen LogP contribution < -0.4 is 5.32 Å². The Balaban J connectivity index is 2.09. The molecule has 0 aromatic carbocycles. The molecule has 0 aromatic heterocycles. The first kappa shape index (κ1) is 11.1. The largest absolute Gasteiger partial charge is 0.348 e. The summed E-state index contributed by atoms with van der Waals surface area (Å²) in [6.45, 7) is 1.53. The summed E-state index contributed by atoms with van der Waals surface area (Å²) < 4.78 is 0. The first-order valence-electron chi connectivity index (χ1n) is 5.65. The van der Waals surface area contributed by atoms with E-state index in [1.165, 1.54) is 6.92 Å². The minimum atomic E-state index is -0.351. The van der Waals surface area contributed by atoms with E-state index in [-0.39, 0.29) is 36.4 Å². The molecule has 1 N–H and O–H groups in total. The fraction of sp³-hybridized carbons (Fsp3) is 0.727.